The molecule has 2 rings (SSSR count). The number of benzene rings is 2. The molecule has 2 aromatic carbocycles. The van der Waals surface area contributed by atoms with Gasteiger partial charge in [0.2, 0.25) is 0 Å². The molecule has 0 heterocycles. The Kier molecular flexibility index (Phi) is 5.35. The molecule has 1 atom stereocenters. The molecule has 2 aromatic rings. The van der Waals surface area contributed by atoms with Gasteiger partial charge in [-0.2, -0.15) is 0 Å². The molecule has 1 unspecified atom stereocenters. The monoisotopic (exact) mass is 380 g/mol. The van der Waals surface area contributed by atoms with Gasteiger partial charge in [0.25, 0.3) is 0 Å². The van der Waals surface area contributed by atoms with E-state index in [4.69, 9.17) is 0 Å². The van der Waals surface area contributed by atoms with Gasteiger partial charge in [0.05, 0.1) is 0 Å². The Labute approximate surface area is 133 Å². The van der Waals surface area contributed by atoms with Crippen LogP contribution in [0.25, 0.3) is 0 Å². The van der Waals surface area contributed by atoms with Crippen molar-refractivity contribution in [2.24, 2.45) is 0 Å². The Balaban J connectivity index is 2.05. The minimum absolute atomic E-state index is 0.466. The molecular weight excluding hydrogens is 362 g/mol. The lowest BCUT2D eigenvalue weighted by Gasteiger charge is -2.25. The third-order valence-electron chi connectivity index (χ3n) is 3.49. The van der Waals surface area contributed by atoms with Crippen LogP contribution in [0.3, 0.4) is 0 Å². The molecule has 0 fully saturated rings. The van der Waals surface area contributed by atoms with Gasteiger partial charge in [-0.1, -0.05) is 67.2 Å². The lowest BCUT2D eigenvalue weighted by atomic mass is 9.89. The topological polar surface area (TPSA) is 0 Å². The summed E-state index contributed by atoms with van der Waals surface area (Å²) >= 11 is 2.01. The number of allylic oxidation sites excluding steroid dienone is 1. The van der Waals surface area contributed by atoms with E-state index in [0.29, 0.717) is 15.6 Å². The number of halogens is 2. The lowest BCUT2D eigenvalue weighted by Crippen LogP contribution is -2.20. The standard InChI is InChI=1S/C18H18FI/c1-15(20)18(19,17-12-6-3-7-13-17)14-8-11-16-9-4-2-5-10-16/h2-7,9-10,12-13H,1,8,11,14H2. The first-order valence-electron chi connectivity index (χ1n) is 6.76. The third-order valence-corrected chi connectivity index (χ3v) is 4.35. The first kappa shape index (κ1) is 15.2. The van der Waals surface area contributed by atoms with E-state index >= 15 is 4.39 Å². The van der Waals surface area contributed by atoms with E-state index in [9.17, 15) is 0 Å². The van der Waals surface area contributed by atoms with Gasteiger partial charge in [-0.15, -0.1) is 0 Å². The molecule has 2 heteroatoms. The minimum atomic E-state index is -1.43. The van der Waals surface area contributed by atoms with Crippen molar-refractivity contribution in [1.29, 1.82) is 0 Å². The molecule has 0 aliphatic carbocycles. The summed E-state index contributed by atoms with van der Waals surface area (Å²) in [5.74, 6) is 0. The molecule has 0 N–H and O–H groups in total. The molecule has 0 bridgehead atoms. The highest BCUT2D eigenvalue weighted by Crippen LogP contribution is 2.41. The van der Waals surface area contributed by atoms with Crippen LogP contribution < -0.4 is 0 Å². The first-order chi connectivity index (χ1) is 9.63. The number of aryl methyl sites for hydroxylation is 1. The summed E-state index contributed by atoms with van der Waals surface area (Å²) in [6.07, 6.45) is 2.16. The van der Waals surface area contributed by atoms with Crippen LogP contribution in [0.1, 0.15) is 24.0 Å². The van der Waals surface area contributed by atoms with Gasteiger partial charge in [0.1, 0.15) is 0 Å². The van der Waals surface area contributed by atoms with Crippen molar-refractivity contribution >= 4 is 22.6 Å². The zero-order chi connectivity index (χ0) is 14.4. The van der Waals surface area contributed by atoms with Crippen molar-refractivity contribution in [3.05, 3.63) is 81.9 Å². The summed E-state index contributed by atoms with van der Waals surface area (Å²) in [7, 11) is 0. The molecule has 0 nitrogen and oxygen atoms in total. The molecule has 20 heavy (non-hydrogen) atoms. The van der Waals surface area contributed by atoms with Crippen LogP contribution in [0, 0.1) is 0 Å². The van der Waals surface area contributed by atoms with E-state index < -0.39 is 5.67 Å². The highest BCUT2D eigenvalue weighted by Gasteiger charge is 2.33. The second-order valence-corrected chi connectivity index (χ2v) is 6.21. The van der Waals surface area contributed by atoms with Crippen LogP contribution in [0.15, 0.2) is 70.8 Å². The third kappa shape index (κ3) is 3.69. The van der Waals surface area contributed by atoms with Crippen LogP contribution >= 0.6 is 22.6 Å². The van der Waals surface area contributed by atoms with E-state index in [1.807, 2.05) is 71.1 Å². The molecule has 0 spiro atoms. The van der Waals surface area contributed by atoms with Gasteiger partial charge in [0.15, 0.2) is 5.67 Å². The summed E-state index contributed by atoms with van der Waals surface area (Å²) in [6.45, 7) is 3.84. The number of hydrogen-bond acceptors (Lipinski definition) is 0. The Morgan fingerprint density at radius 2 is 1.55 bits per heavy atom. The Morgan fingerprint density at radius 3 is 2.10 bits per heavy atom. The highest BCUT2D eigenvalue weighted by molar-refractivity contribution is 14.1. The average molecular weight is 380 g/mol. The molecule has 104 valence electrons. The molecule has 0 saturated heterocycles. The van der Waals surface area contributed by atoms with Crippen molar-refractivity contribution in [3.8, 4) is 0 Å². The maximum Gasteiger partial charge on any atom is 0.166 e. The summed E-state index contributed by atoms with van der Waals surface area (Å²) in [6, 6.07) is 19.5. The van der Waals surface area contributed by atoms with Gasteiger partial charge in [0, 0.05) is 3.58 Å². The van der Waals surface area contributed by atoms with Crippen LogP contribution in [-0.4, -0.2) is 0 Å². The van der Waals surface area contributed by atoms with Crippen molar-refractivity contribution in [1.82, 2.24) is 0 Å². The summed E-state index contributed by atoms with van der Waals surface area (Å²) in [4.78, 5) is 0. The molecule has 0 amide bonds. The van der Waals surface area contributed by atoms with Crippen molar-refractivity contribution in [2.45, 2.75) is 24.9 Å². The van der Waals surface area contributed by atoms with Gasteiger partial charge < -0.3 is 0 Å². The molecule has 0 saturated carbocycles. The average Bonchev–Trinajstić information content (AvgIpc) is 2.49. The normalized spacial score (nSPS) is 13.7. The van der Waals surface area contributed by atoms with Crippen LogP contribution in [-0.2, 0) is 12.1 Å². The van der Waals surface area contributed by atoms with Gasteiger partial charge in [-0.25, -0.2) is 4.39 Å². The molecule has 0 aliphatic heterocycles. The van der Waals surface area contributed by atoms with E-state index in [-0.39, 0.29) is 0 Å². The Bertz CT molecular complexity index is 550. The summed E-state index contributed by atoms with van der Waals surface area (Å²) in [5.41, 5.74) is 0.519. The van der Waals surface area contributed by atoms with Crippen molar-refractivity contribution in [3.63, 3.8) is 0 Å². The van der Waals surface area contributed by atoms with Crippen LogP contribution in [0.2, 0.25) is 0 Å². The maximum absolute atomic E-state index is 15.2. The van der Waals surface area contributed by atoms with Gasteiger partial charge in [-0.05, 0) is 53.0 Å². The fraction of sp³-hybridized carbons (Fsp3) is 0.222. The first-order valence-corrected chi connectivity index (χ1v) is 7.84. The quantitative estimate of drug-likeness (QED) is 0.554. The van der Waals surface area contributed by atoms with E-state index in [2.05, 4.69) is 18.7 Å². The Morgan fingerprint density at radius 1 is 1.00 bits per heavy atom. The predicted octanol–water partition coefficient (Wildman–Crippen LogP) is 5.82. The molecule has 0 aliphatic rings. The predicted molar refractivity (Wildman–Crippen MR) is 91.8 cm³/mol. The minimum Gasteiger partial charge on any atom is -0.233 e. The fourth-order valence-corrected chi connectivity index (χ4v) is 2.90. The van der Waals surface area contributed by atoms with Crippen molar-refractivity contribution < 1.29 is 4.39 Å². The van der Waals surface area contributed by atoms with Crippen molar-refractivity contribution in [2.75, 3.05) is 0 Å². The smallest absolute Gasteiger partial charge is 0.166 e. The van der Waals surface area contributed by atoms with E-state index in [1.54, 1.807) is 0 Å². The zero-order valence-electron chi connectivity index (χ0n) is 11.4. The number of hydrogen-bond donors (Lipinski definition) is 0. The molecular formula is C18H18FI. The fourth-order valence-electron chi connectivity index (χ4n) is 2.32. The summed E-state index contributed by atoms with van der Waals surface area (Å²) in [5, 5.41) is 0. The SMILES string of the molecule is C=C(I)C(F)(CCCc1ccccc1)c1ccccc1. The largest absolute Gasteiger partial charge is 0.233 e. The van der Waals surface area contributed by atoms with Crippen LogP contribution in [0.5, 0.6) is 0 Å². The molecule has 0 radical (unpaired) electrons. The van der Waals surface area contributed by atoms with E-state index in [1.165, 1.54) is 5.56 Å². The highest BCUT2D eigenvalue weighted by atomic mass is 127. The molecule has 0 aromatic heterocycles. The zero-order valence-corrected chi connectivity index (χ0v) is 13.5. The second kappa shape index (κ2) is 7.02. The summed E-state index contributed by atoms with van der Waals surface area (Å²) < 4.78 is 15.8. The van der Waals surface area contributed by atoms with Crippen LogP contribution in [0.4, 0.5) is 4.39 Å². The Hall–Kier alpha value is -1.16. The van der Waals surface area contributed by atoms with Gasteiger partial charge >= 0.3 is 0 Å². The second-order valence-electron chi connectivity index (χ2n) is 4.91. The number of rotatable bonds is 6. The maximum atomic E-state index is 15.2. The number of alkyl halides is 1. The van der Waals surface area contributed by atoms with E-state index in [0.717, 1.165) is 12.8 Å². The lowest BCUT2D eigenvalue weighted by molar-refractivity contribution is 0.210. The van der Waals surface area contributed by atoms with Gasteiger partial charge in [-0.3, -0.25) is 0 Å².